The zero-order chi connectivity index (χ0) is 16.5. The molecule has 0 aliphatic rings. The Balaban J connectivity index is 2.45. The summed E-state index contributed by atoms with van der Waals surface area (Å²) in [5, 5.41) is 15.7. The maximum absolute atomic E-state index is 11.6. The molecular formula is C13H15N3O5S. The van der Waals surface area contributed by atoms with Gasteiger partial charge in [-0.25, -0.2) is 0 Å². The Hall–Kier alpha value is -2.55. The fourth-order valence-corrected chi connectivity index (χ4v) is 1.73. The molecule has 0 aromatic heterocycles. The molecular weight excluding hydrogens is 310 g/mol. The Morgan fingerprint density at radius 2 is 2.09 bits per heavy atom. The van der Waals surface area contributed by atoms with Gasteiger partial charge < -0.3 is 15.4 Å². The van der Waals surface area contributed by atoms with Crippen molar-refractivity contribution in [2.24, 2.45) is 0 Å². The molecule has 0 radical (unpaired) electrons. The summed E-state index contributed by atoms with van der Waals surface area (Å²) in [6, 6.07) is 5.69. The first-order valence-corrected chi connectivity index (χ1v) is 6.84. The second kappa shape index (κ2) is 8.67. The van der Waals surface area contributed by atoms with E-state index >= 15 is 0 Å². The van der Waals surface area contributed by atoms with Gasteiger partial charge in [-0.3, -0.25) is 19.7 Å². The van der Waals surface area contributed by atoms with Gasteiger partial charge in [0.05, 0.1) is 18.0 Å². The van der Waals surface area contributed by atoms with Crippen molar-refractivity contribution in [1.29, 1.82) is 0 Å². The summed E-state index contributed by atoms with van der Waals surface area (Å²) in [6.45, 7) is 1.93. The molecule has 8 nitrogen and oxygen atoms in total. The van der Waals surface area contributed by atoms with Crippen molar-refractivity contribution in [2.75, 3.05) is 11.9 Å². The SMILES string of the molecule is CCOC(=O)CCC(=O)NC(=S)Nc1cccc([N+](=O)[O-])c1. The summed E-state index contributed by atoms with van der Waals surface area (Å²) in [5.41, 5.74) is 0.284. The molecule has 0 saturated heterocycles. The van der Waals surface area contributed by atoms with Crippen LogP contribution in [-0.4, -0.2) is 28.5 Å². The van der Waals surface area contributed by atoms with Gasteiger partial charge in [0, 0.05) is 24.2 Å². The monoisotopic (exact) mass is 325 g/mol. The van der Waals surface area contributed by atoms with Crippen LogP contribution in [0.3, 0.4) is 0 Å². The minimum absolute atomic E-state index is 0.00523. The molecule has 9 heteroatoms. The van der Waals surface area contributed by atoms with Crippen LogP contribution < -0.4 is 10.6 Å². The third-order valence-electron chi connectivity index (χ3n) is 2.43. The van der Waals surface area contributed by atoms with E-state index in [-0.39, 0.29) is 30.2 Å². The smallest absolute Gasteiger partial charge is 0.306 e. The Bertz CT molecular complexity index is 591. The second-order valence-corrected chi connectivity index (χ2v) is 4.52. The van der Waals surface area contributed by atoms with Crippen LogP contribution in [0.4, 0.5) is 11.4 Å². The number of rotatable bonds is 6. The van der Waals surface area contributed by atoms with Crippen LogP contribution in [-0.2, 0) is 14.3 Å². The first-order chi connectivity index (χ1) is 10.4. The number of nitrogens with one attached hydrogen (secondary N) is 2. The van der Waals surface area contributed by atoms with Gasteiger partial charge in [-0.1, -0.05) is 6.07 Å². The van der Waals surface area contributed by atoms with Crippen LogP contribution in [0.5, 0.6) is 0 Å². The quantitative estimate of drug-likeness (QED) is 0.355. The topological polar surface area (TPSA) is 111 Å². The van der Waals surface area contributed by atoms with Crippen molar-refractivity contribution in [3.05, 3.63) is 34.4 Å². The molecule has 0 fully saturated rings. The fourth-order valence-electron chi connectivity index (χ4n) is 1.50. The number of anilines is 1. The summed E-state index contributed by atoms with van der Waals surface area (Å²) in [5.74, 6) is -0.911. The Morgan fingerprint density at radius 3 is 2.73 bits per heavy atom. The van der Waals surface area contributed by atoms with Crippen molar-refractivity contribution in [1.82, 2.24) is 5.32 Å². The third-order valence-corrected chi connectivity index (χ3v) is 2.63. The average Bonchev–Trinajstić information content (AvgIpc) is 2.45. The van der Waals surface area contributed by atoms with Crippen molar-refractivity contribution < 1.29 is 19.2 Å². The molecule has 0 heterocycles. The maximum Gasteiger partial charge on any atom is 0.306 e. The van der Waals surface area contributed by atoms with Crippen molar-refractivity contribution in [3.8, 4) is 0 Å². The lowest BCUT2D eigenvalue weighted by atomic mass is 10.3. The molecule has 1 aromatic carbocycles. The third kappa shape index (κ3) is 6.27. The van der Waals surface area contributed by atoms with Gasteiger partial charge in [0.1, 0.15) is 0 Å². The summed E-state index contributed by atoms with van der Waals surface area (Å²) >= 11 is 4.92. The molecule has 0 atom stereocenters. The number of non-ortho nitro benzene ring substituents is 1. The molecule has 118 valence electrons. The van der Waals surface area contributed by atoms with Crippen LogP contribution in [0.15, 0.2) is 24.3 Å². The number of nitrogens with zero attached hydrogens (tertiary/aromatic N) is 1. The second-order valence-electron chi connectivity index (χ2n) is 4.11. The van der Waals surface area contributed by atoms with Crippen molar-refractivity contribution in [2.45, 2.75) is 19.8 Å². The Kier molecular flexibility index (Phi) is 6.90. The molecule has 0 unspecified atom stereocenters. The number of nitro groups is 1. The molecule has 1 aromatic rings. The number of carbonyl (C=O) groups excluding carboxylic acids is 2. The van der Waals surface area contributed by atoms with E-state index in [4.69, 9.17) is 17.0 Å². The molecule has 22 heavy (non-hydrogen) atoms. The van der Waals surface area contributed by atoms with E-state index in [1.54, 1.807) is 13.0 Å². The Morgan fingerprint density at radius 1 is 1.36 bits per heavy atom. The van der Waals surface area contributed by atoms with Gasteiger partial charge in [-0.2, -0.15) is 0 Å². The predicted octanol–water partition coefficient (Wildman–Crippen LogP) is 1.75. The van der Waals surface area contributed by atoms with Crippen molar-refractivity contribution in [3.63, 3.8) is 0 Å². The number of hydrogen-bond acceptors (Lipinski definition) is 6. The highest BCUT2D eigenvalue weighted by Gasteiger charge is 2.10. The largest absolute Gasteiger partial charge is 0.466 e. The highest BCUT2D eigenvalue weighted by molar-refractivity contribution is 7.80. The number of thiocarbonyl (C=S) groups is 1. The number of nitro benzene ring substituents is 1. The average molecular weight is 325 g/mol. The van der Waals surface area contributed by atoms with Crippen LogP contribution in [0, 0.1) is 10.1 Å². The standard InChI is InChI=1S/C13H15N3O5S/c1-2-21-12(18)7-6-11(17)15-13(22)14-9-4-3-5-10(8-9)16(19)20/h3-5,8H,2,6-7H2,1H3,(H2,14,15,17,22). The minimum Gasteiger partial charge on any atom is -0.466 e. The van der Waals surface area contributed by atoms with Gasteiger partial charge in [-0.15, -0.1) is 0 Å². The fraction of sp³-hybridized carbons (Fsp3) is 0.308. The van der Waals surface area contributed by atoms with E-state index in [0.29, 0.717) is 5.69 Å². The normalized spacial score (nSPS) is 9.68. The van der Waals surface area contributed by atoms with E-state index in [1.807, 2.05) is 0 Å². The van der Waals surface area contributed by atoms with Gasteiger partial charge in [0.2, 0.25) is 5.91 Å². The highest BCUT2D eigenvalue weighted by atomic mass is 32.1. The minimum atomic E-state index is -0.536. The van der Waals surface area contributed by atoms with Crippen LogP contribution in [0.1, 0.15) is 19.8 Å². The molecule has 0 aliphatic heterocycles. The summed E-state index contributed by atoms with van der Waals surface area (Å²) in [4.78, 5) is 32.8. The van der Waals surface area contributed by atoms with Gasteiger partial charge >= 0.3 is 5.97 Å². The molecule has 0 spiro atoms. The number of amides is 1. The predicted molar refractivity (Wildman–Crippen MR) is 83.3 cm³/mol. The molecule has 0 bridgehead atoms. The molecule has 0 aliphatic carbocycles. The molecule has 0 saturated carbocycles. The highest BCUT2D eigenvalue weighted by Crippen LogP contribution is 2.16. The molecule has 1 amide bonds. The van der Waals surface area contributed by atoms with Crippen LogP contribution in [0.25, 0.3) is 0 Å². The lowest BCUT2D eigenvalue weighted by molar-refractivity contribution is -0.384. The number of hydrogen-bond donors (Lipinski definition) is 2. The summed E-state index contributed by atoms with van der Waals surface area (Å²) in [7, 11) is 0. The summed E-state index contributed by atoms with van der Waals surface area (Å²) in [6.07, 6.45) is -0.102. The zero-order valence-electron chi connectivity index (χ0n) is 11.8. The number of carbonyl (C=O) groups is 2. The van der Waals surface area contributed by atoms with Crippen LogP contribution in [0.2, 0.25) is 0 Å². The number of esters is 1. The van der Waals surface area contributed by atoms with Crippen LogP contribution >= 0.6 is 12.2 Å². The zero-order valence-corrected chi connectivity index (χ0v) is 12.6. The van der Waals surface area contributed by atoms with E-state index in [1.165, 1.54) is 18.2 Å². The first-order valence-electron chi connectivity index (χ1n) is 6.43. The maximum atomic E-state index is 11.6. The van der Waals surface area contributed by atoms with E-state index in [2.05, 4.69) is 10.6 Å². The van der Waals surface area contributed by atoms with Gasteiger partial charge in [-0.05, 0) is 25.2 Å². The lowest BCUT2D eigenvalue weighted by Crippen LogP contribution is -2.34. The van der Waals surface area contributed by atoms with Gasteiger partial charge in [0.15, 0.2) is 5.11 Å². The Labute approximate surface area is 132 Å². The van der Waals surface area contributed by atoms with Crippen molar-refractivity contribution >= 4 is 40.6 Å². The number of ether oxygens (including phenoxy) is 1. The molecule has 1 rings (SSSR count). The number of benzene rings is 1. The van der Waals surface area contributed by atoms with E-state index in [9.17, 15) is 19.7 Å². The molecule has 2 N–H and O–H groups in total. The summed E-state index contributed by atoms with van der Waals surface area (Å²) < 4.78 is 4.70. The first kappa shape index (κ1) is 17.5. The lowest BCUT2D eigenvalue weighted by Gasteiger charge is -2.09. The van der Waals surface area contributed by atoms with E-state index in [0.717, 1.165) is 0 Å². The van der Waals surface area contributed by atoms with E-state index < -0.39 is 16.8 Å². The van der Waals surface area contributed by atoms with Gasteiger partial charge in [0.25, 0.3) is 5.69 Å².